The minimum absolute atomic E-state index is 0.589. The molecule has 5 nitrogen and oxygen atoms in total. The van der Waals surface area contributed by atoms with Gasteiger partial charge in [0, 0.05) is 5.56 Å². The normalized spacial score (nSPS) is 21.4. The first-order valence-corrected chi connectivity index (χ1v) is 8.99. The van der Waals surface area contributed by atoms with Gasteiger partial charge in [0.15, 0.2) is 0 Å². The molecule has 0 bridgehead atoms. The van der Waals surface area contributed by atoms with Crippen LogP contribution in [0.3, 0.4) is 0 Å². The smallest absolute Gasteiger partial charge is 0.204 e. The molecule has 126 valence electrons. The molecule has 3 aromatic rings. The Balaban J connectivity index is 1.38. The number of nitrogens with zero attached hydrogens (tertiary/aromatic N) is 3. The molecule has 2 heterocycles. The number of aromatic nitrogens is 4. The van der Waals surface area contributed by atoms with Gasteiger partial charge in [0.05, 0.1) is 0 Å². The van der Waals surface area contributed by atoms with Crippen molar-refractivity contribution in [3.05, 3.63) is 54.1 Å². The van der Waals surface area contributed by atoms with Crippen LogP contribution >= 0.6 is 0 Å². The summed E-state index contributed by atoms with van der Waals surface area (Å²) in [5, 5.41) is 17.8. The Labute approximate surface area is 146 Å². The van der Waals surface area contributed by atoms with Crippen molar-refractivity contribution >= 4 is 0 Å². The molecule has 1 aliphatic heterocycles. The van der Waals surface area contributed by atoms with Crippen LogP contribution in [0.2, 0.25) is 0 Å². The molecule has 1 aliphatic carbocycles. The summed E-state index contributed by atoms with van der Waals surface area (Å²) in [6.45, 7) is 2.36. The highest BCUT2D eigenvalue weighted by Gasteiger charge is 2.54. The summed E-state index contributed by atoms with van der Waals surface area (Å²) in [4.78, 5) is 0. The van der Waals surface area contributed by atoms with Crippen molar-refractivity contribution in [2.24, 2.45) is 5.41 Å². The molecule has 2 N–H and O–H groups in total. The maximum Gasteiger partial charge on any atom is 0.204 e. The molecule has 1 unspecified atom stereocenters. The van der Waals surface area contributed by atoms with E-state index in [9.17, 15) is 0 Å². The first-order chi connectivity index (χ1) is 12.3. The number of rotatable bonds is 3. The summed E-state index contributed by atoms with van der Waals surface area (Å²) in [5.41, 5.74) is 5.48. The van der Waals surface area contributed by atoms with E-state index in [1.807, 2.05) is 12.1 Å². The van der Waals surface area contributed by atoms with Gasteiger partial charge in [-0.2, -0.15) is 5.21 Å². The third-order valence-corrected chi connectivity index (χ3v) is 5.90. The standard InChI is InChI=1S/C20H21N5/c1-2-16(12-17(3-1)19-22-24-25-23-19)14-4-6-15(7-5-14)18-13-20(18)8-10-21-11-9-20/h1-7,12,18,21H,8-11,13H2,(H,22,23,24,25). The third kappa shape index (κ3) is 2.65. The highest BCUT2D eigenvalue weighted by atomic mass is 15.5. The van der Waals surface area contributed by atoms with Crippen LogP contribution in [-0.2, 0) is 0 Å². The van der Waals surface area contributed by atoms with E-state index in [0.717, 1.165) is 11.5 Å². The number of hydrogen-bond acceptors (Lipinski definition) is 4. The second-order valence-corrected chi connectivity index (χ2v) is 7.31. The van der Waals surface area contributed by atoms with Crippen LogP contribution in [0.25, 0.3) is 22.5 Å². The number of tetrazole rings is 1. The number of aromatic amines is 1. The summed E-state index contributed by atoms with van der Waals surface area (Å²) in [5.74, 6) is 1.39. The lowest BCUT2D eigenvalue weighted by Gasteiger charge is -2.23. The Morgan fingerprint density at radius 2 is 1.72 bits per heavy atom. The van der Waals surface area contributed by atoms with Gasteiger partial charge in [0.1, 0.15) is 0 Å². The summed E-state index contributed by atoms with van der Waals surface area (Å²) < 4.78 is 0. The van der Waals surface area contributed by atoms with Gasteiger partial charge in [-0.15, -0.1) is 10.2 Å². The zero-order valence-corrected chi connectivity index (χ0v) is 14.1. The quantitative estimate of drug-likeness (QED) is 0.772. The van der Waals surface area contributed by atoms with Crippen LogP contribution in [0.1, 0.15) is 30.7 Å². The number of hydrogen-bond donors (Lipinski definition) is 2. The number of benzene rings is 2. The van der Waals surface area contributed by atoms with Gasteiger partial charge in [-0.25, -0.2) is 0 Å². The first kappa shape index (κ1) is 14.8. The van der Waals surface area contributed by atoms with Gasteiger partial charge in [0.25, 0.3) is 0 Å². The molecule has 2 aliphatic rings. The molecule has 0 radical (unpaired) electrons. The van der Waals surface area contributed by atoms with Crippen LogP contribution < -0.4 is 5.32 Å². The van der Waals surface area contributed by atoms with Crippen LogP contribution in [0.15, 0.2) is 48.5 Å². The van der Waals surface area contributed by atoms with E-state index < -0.39 is 0 Å². The third-order valence-electron chi connectivity index (χ3n) is 5.90. The molecule has 2 fully saturated rings. The van der Waals surface area contributed by atoms with E-state index in [1.54, 1.807) is 0 Å². The van der Waals surface area contributed by atoms with Crippen molar-refractivity contribution < 1.29 is 0 Å². The number of piperidine rings is 1. The highest BCUT2D eigenvalue weighted by molar-refractivity contribution is 5.70. The maximum atomic E-state index is 4.06. The van der Waals surface area contributed by atoms with Crippen molar-refractivity contribution in [1.29, 1.82) is 0 Å². The Morgan fingerprint density at radius 3 is 2.48 bits per heavy atom. The van der Waals surface area contributed by atoms with Crippen LogP contribution in [-0.4, -0.2) is 33.7 Å². The predicted molar refractivity (Wildman–Crippen MR) is 96.9 cm³/mol. The van der Waals surface area contributed by atoms with Gasteiger partial charge >= 0.3 is 0 Å². The largest absolute Gasteiger partial charge is 0.317 e. The predicted octanol–water partition coefficient (Wildman–Crippen LogP) is 3.39. The van der Waals surface area contributed by atoms with E-state index in [-0.39, 0.29) is 0 Å². The molecule has 5 heteroatoms. The molecular weight excluding hydrogens is 310 g/mol. The van der Waals surface area contributed by atoms with Gasteiger partial charge in [-0.1, -0.05) is 42.5 Å². The molecule has 1 atom stereocenters. The average Bonchev–Trinajstić information content (AvgIpc) is 3.10. The lowest BCUT2D eigenvalue weighted by molar-refractivity contribution is 0.342. The summed E-state index contributed by atoms with van der Waals surface area (Å²) in [6, 6.07) is 17.4. The van der Waals surface area contributed by atoms with Crippen molar-refractivity contribution in [2.45, 2.75) is 25.2 Å². The lowest BCUT2D eigenvalue weighted by Crippen LogP contribution is -2.29. The van der Waals surface area contributed by atoms with Gasteiger partial charge in [-0.05, 0) is 71.7 Å². The van der Waals surface area contributed by atoms with E-state index >= 15 is 0 Å². The Bertz CT molecular complexity index is 863. The fraction of sp³-hybridized carbons (Fsp3) is 0.350. The second-order valence-electron chi connectivity index (χ2n) is 7.31. The molecule has 5 rings (SSSR count). The zero-order valence-electron chi connectivity index (χ0n) is 14.1. The zero-order chi connectivity index (χ0) is 16.7. The maximum absolute atomic E-state index is 4.06. The van der Waals surface area contributed by atoms with Gasteiger partial charge < -0.3 is 5.32 Å². The molecule has 1 saturated heterocycles. The van der Waals surface area contributed by atoms with Crippen LogP contribution in [0, 0.1) is 5.41 Å². The topological polar surface area (TPSA) is 66.5 Å². The molecule has 1 saturated carbocycles. The van der Waals surface area contributed by atoms with Crippen molar-refractivity contribution in [2.75, 3.05) is 13.1 Å². The van der Waals surface area contributed by atoms with Gasteiger partial charge in [-0.3, -0.25) is 0 Å². The SMILES string of the molecule is c1cc(-c2ccc(C3CC34CCNCC4)cc2)cc(-c2nn[nH]n2)c1. The first-order valence-electron chi connectivity index (χ1n) is 8.99. The monoisotopic (exact) mass is 331 g/mol. The van der Waals surface area contributed by atoms with Gasteiger partial charge in [0.2, 0.25) is 5.82 Å². The molecule has 1 spiro atoms. The van der Waals surface area contributed by atoms with E-state index in [0.29, 0.717) is 11.2 Å². The Morgan fingerprint density at radius 1 is 0.920 bits per heavy atom. The summed E-state index contributed by atoms with van der Waals surface area (Å²) >= 11 is 0. The Hall–Kier alpha value is -2.53. The van der Waals surface area contributed by atoms with Crippen LogP contribution in [0.5, 0.6) is 0 Å². The minimum Gasteiger partial charge on any atom is -0.317 e. The van der Waals surface area contributed by atoms with Crippen molar-refractivity contribution in [1.82, 2.24) is 25.9 Å². The van der Waals surface area contributed by atoms with Crippen molar-refractivity contribution in [3.8, 4) is 22.5 Å². The van der Waals surface area contributed by atoms with E-state index in [4.69, 9.17) is 0 Å². The molecule has 25 heavy (non-hydrogen) atoms. The fourth-order valence-corrected chi connectivity index (χ4v) is 4.33. The van der Waals surface area contributed by atoms with E-state index in [2.05, 4.69) is 62.3 Å². The molecule has 2 aromatic carbocycles. The summed E-state index contributed by atoms with van der Waals surface area (Å²) in [7, 11) is 0. The van der Waals surface area contributed by atoms with E-state index in [1.165, 1.54) is 49.0 Å². The average molecular weight is 331 g/mol. The molecular formula is C20H21N5. The van der Waals surface area contributed by atoms with Crippen LogP contribution in [0.4, 0.5) is 0 Å². The minimum atomic E-state index is 0.589. The summed E-state index contributed by atoms with van der Waals surface area (Å²) in [6.07, 6.45) is 4.01. The molecule has 1 aromatic heterocycles. The highest BCUT2D eigenvalue weighted by Crippen LogP contribution is 2.64. The number of nitrogens with one attached hydrogen (secondary N) is 2. The number of H-pyrrole nitrogens is 1. The lowest BCUT2D eigenvalue weighted by atomic mass is 9.89. The van der Waals surface area contributed by atoms with Crippen molar-refractivity contribution in [3.63, 3.8) is 0 Å². The second kappa shape index (κ2) is 5.77. The Kier molecular flexibility index (Phi) is 3.41. The fourth-order valence-electron chi connectivity index (χ4n) is 4.33. The molecule has 0 amide bonds.